The van der Waals surface area contributed by atoms with Crippen LogP contribution in [-0.4, -0.2) is 29.3 Å². The first kappa shape index (κ1) is 26.0. The van der Waals surface area contributed by atoms with E-state index in [0.29, 0.717) is 6.42 Å². The highest BCUT2D eigenvalue weighted by molar-refractivity contribution is 5.88. The lowest BCUT2D eigenvalue weighted by Crippen LogP contribution is -2.24. The molecule has 0 aliphatic rings. The van der Waals surface area contributed by atoms with E-state index in [0.717, 1.165) is 18.4 Å². The number of hydrogen-bond donors (Lipinski definition) is 0. The molecule has 1 aromatic heterocycles. The highest BCUT2D eigenvalue weighted by atomic mass is 19.2. The maximum absolute atomic E-state index is 14.0. The number of unbranched alkanes of at least 4 members (excludes halogenated alkanes) is 9. The van der Waals surface area contributed by atoms with Crippen LogP contribution in [0.1, 0.15) is 108 Å². The molecule has 30 heavy (non-hydrogen) atoms. The zero-order chi connectivity index (χ0) is 22.4. The summed E-state index contributed by atoms with van der Waals surface area (Å²) in [6, 6.07) is 1.48. The van der Waals surface area contributed by atoms with Crippen LogP contribution in [0.3, 0.4) is 0 Å². The average molecular weight is 428 g/mol. The normalized spacial score (nSPS) is 12.1. The van der Waals surface area contributed by atoms with Gasteiger partial charge in [0.2, 0.25) is 6.29 Å². The molecule has 6 nitrogen and oxygen atoms in total. The van der Waals surface area contributed by atoms with Crippen molar-refractivity contribution in [1.29, 1.82) is 0 Å². The second kappa shape index (κ2) is 14.9. The fourth-order valence-electron chi connectivity index (χ4n) is 3.18. The molecular weight excluding hydrogens is 389 g/mol. The number of carbonyl (C=O) groups excluding carboxylic acids is 2. The Morgan fingerprint density at radius 3 is 2.03 bits per heavy atom. The van der Waals surface area contributed by atoms with Crippen LogP contribution in [0, 0.1) is 0 Å². The van der Waals surface area contributed by atoms with Gasteiger partial charge in [-0.2, -0.15) is 4.79 Å². The Morgan fingerprint density at radius 2 is 1.47 bits per heavy atom. The molecule has 0 aliphatic heterocycles. The monoisotopic (exact) mass is 427 g/mol. The van der Waals surface area contributed by atoms with Gasteiger partial charge in [-0.3, -0.25) is 0 Å². The van der Waals surface area contributed by atoms with Crippen molar-refractivity contribution in [3.8, 4) is 0 Å². The van der Waals surface area contributed by atoms with Gasteiger partial charge in [-0.1, -0.05) is 69.2 Å². The van der Waals surface area contributed by atoms with Gasteiger partial charge in [0.1, 0.15) is 0 Å². The maximum Gasteiger partial charge on any atom is 0.511 e. The van der Waals surface area contributed by atoms with Crippen LogP contribution in [0.5, 0.6) is 0 Å². The van der Waals surface area contributed by atoms with E-state index >= 15 is 0 Å². The molecule has 0 saturated heterocycles. The molecule has 0 N–H and O–H groups in total. The molecule has 0 aromatic carbocycles. The van der Waals surface area contributed by atoms with Crippen LogP contribution in [0.25, 0.3) is 0 Å². The Hall–Kier alpha value is -2.05. The van der Waals surface area contributed by atoms with E-state index in [9.17, 15) is 14.1 Å². The number of ether oxygens (including phenoxy) is 3. The summed E-state index contributed by atoms with van der Waals surface area (Å²) in [5.74, 6) is -0.892. The van der Waals surface area contributed by atoms with E-state index in [-0.39, 0.29) is 16.6 Å². The first-order valence-corrected chi connectivity index (χ1v) is 11.3. The van der Waals surface area contributed by atoms with Crippen molar-refractivity contribution in [2.45, 2.75) is 111 Å². The third kappa shape index (κ3) is 11.2. The van der Waals surface area contributed by atoms with Gasteiger partial charge in [0, 0.05) is 13.1 Å². The molecule has 7 heteroatoms. The Balaban J connectivity index is 2.27. The topological polar surface area (TPSA) is 66.8 Å². The molecule has 1 heterocycles. The van der Waals surface area contributed by atoms with E-state index in [1.165, 1.54) is 70.6 Å². The molecule has 1 unspecified atom stereocenters. The zero-order valence-corrected chi connectivity index (χ0v) is 19.0. The van der Waals surface area contributed by atoms with Crippen molar-refractivity contribution in [3.63, 3.8) is 0 Å². The smallest absolute Gasteiger partial charge is 0.431 e. The molecule has 172 valence electrons. The van der Waals surface area contributed by atoms with Gasteiger partial charge >= 0.3 is 12.1 Å². The summed E-state index contributed by atoms with van der Waals surface area (Å²) in [5.41, 5.74) is 0.529. The summed E-state index contributed by atoms with van der Waals surface area (Å²) in [5, 5.41) is 0. The Labute approximate surface area is 180 Å². The molecular formula is C23H38FNO5. The molecule has 0 saturated carbocycles. The molecule has 0 aliphatic carbocycles. The Bertz CT molecular complexity index is 629. The van der Waals surface area contributed by atoms with Crippen molar-refractivity contribution in [3.05, 3.63) is 23.5 Å². The highest BCUT2D eigenvalue weighted by Gasteiger charge is 2.21. The van der Waals surface area contributed by atoms with Crippen molar-refractivity contribution in [1.82, 2.24) is 4.79 Å². The summed E-state index contributed by atoms with van der Waals surface area (Å²) in [4.78, 5) is 23.8. The summed E-state index contributed by atoms with van der Waals surface area (Å²) in [6.45, 7) is 6.94. The van der Waals surface area contributed by atoms with Crippen molar-refractivity contribution < 1.29 is 28.3 Å². The fraction of sp³-hybridized carbons (Fsp3) is 0.739. The van der Waals surface area contributed by atoms with Gasteiger partial charge in [-0.25, -0.2) is 9.59 Å². The number of aromatic nitrogens is 1. The van der Waals surface area contributed by atoms with Gasteiger partial charge in [-0.15, -0.1) is 0 Å². The molecule has 1 atom stereocenters. The first-order valence-electron chi connectivity index (χ1n) is 11.3. The van der Waals surface area contributed by atoms with Gasteiger partial charge in [-0.05, 0) is 38.3 Å². The number of halogens is 1. The second-order valence-electron chi connectivity index (χ2n) is 7.98. The van der Waals surface area contributed by atoms with E-state index in [2.05, 4.69) is 6.92 Å². The lowest BCUT2D eigenvalue weighted by Gasteiger charge is -2.14. The third-order valence-corrected chi connectivity index (χ3v) is 4.73. The molecule has 0 amide bonds. The maximum atomic E-state index is 14.0. The van der Waals surface area contributed by atoms with Crippen LogP contribution < -0.4 is 0 Å². The average Bonchev–Trinajstić information content (AvgIpc) is 3.03. The minimum absolute atomic E-state index is 0.218. The number of aryl methyl sites for hydroxylation is 1. The van der Waals surface area contributed by atoms with Gasteiger partial charge in [0.05, 0.1) is 6.10 Å². The lowest BCUT2D eigenvalue weighted by molar-refractivity contribution is -0.0873. The molecule has 1 rings (SSSR count). The van der Waals surface area contributed by atoms with Crippen LogP contribution in [0.15, 0.2) is 12.3 Å². The van der Waals surface area contributed by atoms with Gasteiger partial charge in [0.25, 0.3) is 0 Å². The lowest BCUT2D eigenvalue weighted by atomic mass is 10.0. The highest BCUT2D eigenvalue weighted by Crippen LogP contribution is 2.16. The number of rotatable bonds is 15. The number of hydrogen-bond acceptors (Lipinski definition) is 5. The van der Waals surface area contributed by atoms with Crippen LogP contribution >= 0.6 is 0 Å². The Kier molecular flexibility index (Phi) is 12.9. The van der Waals surface area contributed by atoms with Gasteiger partial charge in [0.15, 0.2) is 5.69 Å². The summed E-state index contributed by atoms with van der Waals surface area (Å²) < 4.78 is 28.6. The standard InChI is InChI=1S/C23H38FNO5/c1-5-6-7-8-9-10-11-12-13-14-15-20-16-21(25(24)17-20)22(26)29-19(4)30-23(27)28-18(2)3/h16-19H,5-15H2,1-4H3. The molecule has 0 bridgehead atoms. The summed E-state index contributed by atoms with van der Waals surface area (Å²) in [6.07, 6.45) is 11.9. The second-order valence-corrected chi connectivity index (χ2v) is 7.98. The summed E-state index contributed by atoms with van der Waals surface area (Å²) in [7, 11) is 0. The predicted octanol–water partition coefficient (Wildman–Crippen LogP) is 6.75. The van der Waals surface area contributed by atoms with Crippen LogP contribution in [-0.2, 0) is 20.6 Å². The van der Waals surface area contributed by atoms with E-state index in [1.807, 2.05) is 0 Å². The molecule has 0 fully saturated rings. The SMILES string of the molecule is CCCCCCCCCCCCc1cc(C(=O)OC(C)OC(=O)OC(C)C)n(F)c1. The van der Waals surface area contributed by atoms with E-state index in [4.69, 9.17) is 14.2 Å². The van der Waals surface area contributed by atoms with Gasteiger partial charge < -0.3 is 14.2 Å². The number of carbonyl (C=O) groups is 2. The van der Waals surface area contributed by atoms with E-state index < -0.39 is 18.4 Å². The molecule has 1 aromatic rings. The van der Waals surface area contributed by atoms with Crippen molar-refractivity contribution in [2.75, 3.05) is 0 Å². The number of esters is 1. The number of nitrogens with zero attached hydrogens (tertiary/aromatic N) is 1. The fourth-order valence-corrected chi connectivity index (χ4v) is 3.18. The van der Waals surface area contributed by atoms with Crippen LogP contribution in [0.2, 0.25) is 0 Å². The summed E-state index contributed by atoms with van der Waals surface area (Å²) >= 11 is 0. The van der Waals surface area contributed by atoms with E-state index in [1.54, 1.807) is 13.8 Å². The van der Waals surface area contributed by atoms with Crippen LogP contribution in [0.4, 0.5) is 9.28 Å². The van der Waals surface area contributed by atoms with Crippen molar-refractivity contribution in [2.24, 2.45) is 0 Å². The quantitative estimate of drug-likeness (QED) is 0.176. The third-order valence-electron chi connectivity index (χ3n) is 4.73. The van der Waals surface area contributed by atoms with Crippen molar-refractivity contribution >= 4 is 12.1 Å². The minimum Gasteiger partial charge on any atom is -0.431 e. The Morgan fingerprint density at radius 1 is 0.900 bits per heavy atom. The molecule has 0 spiro atoms. The minimum atomic E-state index is -1.18. The first-order chi connectivity index (χ1) is 14.3. The molecule has 0 radical (unpaired) electrons. The largest absolute Gasteiger partial charge is 0.511 e. The zero-order valence-electron chi connectivity index (χ0n) is 19.0. The predicted molar refractivity (Wildman–Crippen MR) is 114 cm³/mol.